The van der Waals surface area contributed by atoms with Gasteiger partial charge in [-0.3, -0.25) is 9.99 Å². The van der Waals surface area contributed by atoms with Gasteiger partial charge in [0.05, 0.1) is 12.3 Å². The number of rotatable bonds is 6. The summed E-state index contributed by atoms with van der Waals surface area (Å²) in [5, 5.41) is 13.8. The van der Waals surface area contributed by atoms with Crippen LogP contribution in [0.1, 0.15) is 12.5 Å². The summed E-state index contributed by atoms with van der Waals surface area (Å²) in [5.74, 6) is 0.131. The monoisotopic (exact) mass is 457 g/mol. The van der Waals surface area contributed by atoms with Gasteiger partial charge in [-0.15, -0.1) is 10.2 Å². The van der Waals surface area contributed by atoms with Crippen molar-refractivity contribution in [1.29, 1.82) is 0 Å². The summed E-state index contributed by atoms with van der Waals surface area (Å²) in [6.45, 7) is 3.96. The van der Waals surface area contributed by atoms with Crippen molar-refractivity contribution in [2.75, 3.05) is 12.0 Å². The maximum absolute atomic E-state index is 12.7. The van der Waals surface area contributed by atoms with Crippen LogP contribution in [0.3, 0.4) is 0 Å². The summed E-state index contributed by atoms with van der Waals surface area (Å²) in [6.07, 6.45) is 0. The highest BCUT2D eigenvalue weighted by atomic mass is 32.2. The Bertz CT molecular complexity index is 1260. The van der Waals surface area contributed by atoms with Gasteiger partial charge in [-0.2, -0.15) is 5.10 Å². The molecule has 0 saturated heterocycles. The molecular formula is C25H23N5O2S. The number of nitrogens with one attached hydrogen (secondary N) is 1. The summed E-state index contributed by atoms with van der Waals surface area (Å²) in [7, 11) is 0. The van der Waals surface area contributed by atoms with Gasteiger partial charge in [0.2, 0.25) is 10.2 Å². The Hall–Kier alpha value is -3.91. The largest absolute Gasteiger partial charge is 0.461 e. The maximum Gasteiger partial charge on any atom is 0.365 e. The molecule has 0 unspecified atom stereocenters. The van der Waals surface area contributed by atoms with Gasteiger partial charge in [-0.25, -0.2) is 4.79 Å². The molecule has 0 radical (unpaired) electrons. The van der Waals surface area contributed by atoms with E-state index in [2.05, 4.69) is 20.7 Å². The predicted molar refractivity (Wildman–Crippen MR) is 132 cm³/mol. The lowest BCUT2D eigenvalue weighted by molar-refractivity contribution is -0.134. The standard InChI is InChI=1S/C25H23N5O2S/c1-3-32-24(31)23(28-26-21-17-11-10-12-18(21)2)33-25-29-27-22(19-13-6-4-7-14-19)30(25)20-15-8-5-9-16-20/h4-17,26H,3H2,1-2H3/b28-23-. The fraction of sp³-hybridized carbons (Fsp3) is 0.120. The average molecular weight is 458 g/mol. The Kier molecular flexibility index (Phi) is 7.16. The van der Waals surface area contributed by atoms with Crippen LogP contribution in [0.4, 0.5) is 5.69 Å². The van der Waals surface area contributed by atoms with Crippen LogP contribution in [0, 0.1) is 6.92 Å². The van der Waals surface area contributed by atoms with Crippen LogP contribution >= 0.6 is 11.8 Å². The molecule has 0 saturated carbocycles. The van der Waals surface area contributed by atoms with Crippen LogP contribution in [-0.2, 0) is 9.53 Å². The molecule has 0 atom stereocenters. The number of benzene rings is 3. The molecular weight excluding hydrogens is 434 g/mol. The third-order valence-corrected chi connectivity index (χ3v) is 5.64. The molecule has 0 aliphatic carbocycles. The normalized spacial score (nSPS) is 11.3. The topological polar surface area (TPSA) is 81.4 Å². The first kappa shape index (κ1) is 22.3. The van der Waals surface area contributed by atoms with Crippen molar-refractivity contribution in [2.24, 2.45) is 5.10 Å². The second-order valence-corrected chi connectivity index (χ2v) is 7.97. The summed E-state index contributed by atoms with van der Waals surface area (Å²) in [5.41, 5.74) is 6.57. The summed E-state index contributed by atoms with van der Waals surface area (Å²) in [4.78, 5) is 12.7. The second-order valence-electron chi connectivity index (χ2n) is 7.01. The molecule has 7 nitrogen and oxygen atoms in total. The van der Waals surface area contributed by atoms with Crippen molar-refractivity contribution in [3.63, 3.8) is 0 Å². The molecule has 4 aromatic rings. The predicted octanol–water partition coefficient (Wildman–Crippen LogP) is 5.32. The fourth-order valence-corrected chi connectivity index (χ4v) is 3.89. The molecule has 3 aromatic carbocycles. The van der Waals surface area contributed by atoms with E-state index in [0.717, 1.165) is 34.3 Å². The van der Waals surface area contributed by atoms with Crippen LogP contribution in [0.5, 0.6) is 0 Å². The van der Waals surface area contributed by atoms with E-state index in [1.807, 2.05) is 96.4 Å². The Morgan fingerprint density at radius 3 is 2.33 bits per heavy atom. The molecule has 1 heterocycles. The van der Waals surface area contributed by atoms with Crippen molar-refractivity contribution in [3.8, 4) is 17.1 Å². The number of hydrogen-bond acceptors (Lipinski definition) is 7. The maximum atomic E-state index is 12.7. The molecule has 0 aliphatic heterocycles. The van der Waals surface area contributed by atoms with Gasteiger partial charge in [0, 0.05) is 11.3 Å². The zero-order valence-electron chi connectivity index (χ0n) is 18.3. The van der Waals surface area contributed by atoms with Crippen molar-refractivity contribution < 1.29 is 9.53 Å². The molecule has 0 spiro atoms. The highest BCUT2D eigenvalue weighted by Gasteiger charge is 2.22. The lowest BCUT2D eigenvalue weighted by Crippen LogP contribution is -2.17. The van der Waals surface area contributed by atoms with Crippen molar-refractivity contribution >= 4 is 28.5 Å². The van der Waals surface area contributed by atoms with E-state index in [-0.39, 0.29) is 11.7 Å². The summed E-state index contributed by atoms with van der Waals surface area (Å²) in [6, 6.07) is 27.3. The number of anilines is 1. The Balaban J connectivity index is 1.74. The number of carbonyl (C=O) groups is 1. The number of nitrogens with zero attached hydrogens (tertiary/aromatic N) is 4. The number of aryl methyl sites for hydroxylation is 1. The van der Waals surface area contributed by atoms with Crippen molar-refractivity contribution in [3.05, 3.63) is 90.5 Å². The molecule has 33 heavy (non-hydrogen) atoms. The van der Waals surface area contributed by atoms with Gasteiger partial charge in [-0.1, -0.05) is 66.7 Å². The van der Waals surface area contributed by atoms with Crippen molar-refractivity contribution in [2.45, 2.75) is 19.0 Å². The minimum Gasteiger partial charge on any atom is -0.461 e. The van der Waals surface area contributed by atoms with Gasteiger partial charge in [0.25, 0.3) is 0 Å². The second kappa shape index (κ2) is 10.6. The first-order valence-electron chi connectivity index (χ1n) is 10.5. The highest BCUT2D eigenvalue weighted by Crippen LogP contribution is 2.29. The van der Waals surface area contributed by atoms with E-state index in [4.69, 9.17) is 4.74 Å². The van der Waals surface area contributed by atoms with E-state index in [1.165, 1.54) is 0 Å². The Morgan fingerprint density at radius 2 is 1.64 bits per heavy atom. The molecule has 0 fully saturated rings. The average Bonchev–Trinajstić information content (AvgIpc) is 3.27. The SMILES string of the molecule is CCOC(=O)/C(=N/Nc1ccccc1C)Sc1nnc(-c2ccccc2)n1-c1ccccc1. The first-order valence-corrected chi connectivity index (χ1v) is 11.3. The molecule has 0 aliphatic rings. The quantitative estimate of drug-likeness (QED) is 0.139. The Labute approximate surface area is 196 Å². The third-order valence-electron chi connectivity index (χ3n) is 4.74. The highest BCUT2D eigenvalue weighted by molar-refractivity contribution is 8.15. The van der Waals surface area contributed by atoms with Crippen LogP contribution in [-0.4, -0.2) is 32.4 Å². The number of ether oxygens (including phenoxy) is 1. The Morgan fingerprint density at radius 1 is 0.970 bits per heavy atom. The van der Waals surface area contributed by atoms with E-state index >= 15 is 0 Å². The number of carbonyl (C=O) groups excluding carboxylic acids is 1. The fourth-order valence-electron chi connectivity index (χ4n) is 3.12. The molecule has 1 N–H and O–H groups in total. The molecule has 0 bridgehead atoms. The van der Waals surface area contributed by atoms with Crippen LogP contribution in [0.2, 0.25) is 0 Å². The van der Waals surface area contributed by atoms with E-state index < -0.39 is 5.97 Å². The van der Waals surface area contributed by atoms with E-state index in [1.54, 1.807) is 6.92 Å². The van der Waals surface area contributed by atoms with Gasteiger partial charge < -0.3 is 4.74 Å². The molecule has 1 aromatic heterocycles. The molecule has 0 amide bonds. The number of aromatic nitrogens is 3. The molecule has 166 valence electrons. The van der Waals surface area contributed by atoms with Crippen LogP contribution in [0.15, 0.2) is 95.2 Å². The zero-order valence-corrected chi connectivity index (χ0v) is 19.1. The number of hydrazone groups is 1. The third kappa shape index (κ3) is 5.30. The van der Waals surface area contributed by atoms with Crippen LogP contribution < -0.4 is 5.43 Å². The molecule has 8 heteroatoms. The van der Waals surface area contributed by atoms with Crippen molar-refractivity contribution in [1.82, 2.24) is 14.8 Å². The molecule has 4 rings (SSSR count). The zero-order chi connectivity index (χ0) is 23.0. The lowest BCUT2D eigenvalue weighted by Gasteiger charge is -2.11. The van der Waals surface area contributed by atoms with Crippen LogP contribution in [0.25, 0.3) is 17.1 Å². The van der Waals surface area contributed by atoms with Gasteiger partial charge in [-0.05, 0) is 49.4 Å². The number of para-hydroxylation sites is 2. The van der Waals surface area contributed by atoms with Gasteiger partial charge >= 0.3 is 5.97 Å². The lowest BCUT2D eigenvalue weighted by atomic mass is 10.2. The smallest absolute Gasteiger partial charge is 0.365 e. The van der Waals surface area contributed by atoms with E-state index in [0.29, 0.717) is 11.0 Å². The van der Waals surface area contributed by atoms with Gasteiger partial charge in [0.1, 0.15) is 0 Å². The number of hydrogen-bond donors (Lipinski definition) is 1. The number of esters is 1. The first-order chi connectivity index (χ1) is 16.2. The van der Waals surface area contributed by atoms with E-state index in [9.17, 15) is 4.79 Å². The minimum absolute atomic E-state index is 0.129. The minimum atomic E-state index is -0.535. The van der Waals surface area contributed by atoms with Gasteiger partial charge in [0.15, 0.2) is 5.82 Å². The number of thioether (sulfide) groups is 1. The summed E-state index contributed by atoms with van der Waals surface area (Å²) >= 11 is 1.10. The summed E-state index contributed by atoms with van der Waals surface area (Å²) < 4.78 is 7.15.